The van der Waals surface area contributed by atoms with Crippen molar-refractivity contribution in [3.05, 3.63) is 52.6 Å². The first-order chi connectivity index (χ1) is 13.1. The first-order valence-corrected chi connectivity index (χ1v) is 9.10. The largest absolute Gasteiger partial charge is 0.495 e. The zero-order valence-corrected chi connectivity index (χ0v) is 15.1. The molecule has 27 heavy (non-hydrogen) atoms. The molecule has 1 atom stereocenters. The number of non-ortho nitro benzene ring substituents is 1. The topological polar surface area (TPSA) is 96.5 Å². The smallest absolute Gasteiger partial charge is 0.319 e. The van der Waals surface area contributed by atoms with Gasteiger partial charge in [-0.15, -0.1) is 0 Å². The molecule has 0 N–H and O–H groups in total. The third-order valence-electron chi connectivity index (χ3n) is 4.28. The summed E-state index contributed by atoms with van der Waals surface area (Å²) in [5, 5.41) is 11.3. The van der Waals surface area contributed by atoms with Gasteiger partial charge in [-0.3, -0.25) is 19.5 Å². The van der Waals surface area contributed by atoms with Gasteiger partial charge in [0.1, 0.15) is 11.0 Å². The molecule has 1 aliphatic rings. The molecule has 2 aromatic carbocycles. The van der Waals surface area contributed by atoms with E-state index < -0.39 is 4.92 Å². The zero-order chi connectivity index (χ0) is 19.0. The van der Waals surface area contributed by atoms with Crippen LogP contribution < -0.4 is 4.74 Å². The Morgan fingerprint density at radius 2 is 2.15 bits per heavy atom. The number of thioether (sulfide) groups is 1. The standard InChI is InChI=1S/C18H15N3O5S/c1-25-15-5-3-2-4-14(15)20-13-7-6-11(21(23)24)10-12(13)19-18(20)27-16-8-9-26-17(16)22/h2-7,10,16H,8-9H2,1H3/t16-/m1/s1. The number of imidazole rings is 1. The maximum Gasteiger partial charge on any atom is 0.319 e. The second kappa shape index (κ2) is 6.92. The highest BCUT2D eigenvalue weighted by molar-refractivity contribution is 8.00. The van der Waals surface area contributed by atoms with Gasteiger partial charge in [0.25, 0.3) is 5.69 Å². The SMILES string of the molecule is COc1ccccc1-n1c(S[C@@H]2CCOC2=O)nc2cc([N+](=O)[O-])ccc21. The molecule has 9 heteroatoms. The van der Waals surface area contributed by atoms with E-state index in [1.165, 1.54) is 23.9 Å². The summed E-state index contributed by atoms with van der Waals surface area (Å²) in [6.07, 6.45) is 0.596. The van der Waals surface area contributed by atoms with Crippen molar-refractivity contribution >= 4 is 34.5 Å². The van der Waals surface area contributed by atoms with Crippen LogP contribution in [0.15, 0.2) is 47.6 Å². The number of para-hydroxylation sites is 2. The molecule has 3 aromatic rings. The molecule has 0 radical (unpaired) electrons. The minimum atomic E-state index is -0.456. The van der Waals surface area contributed by atoms with E-state index in [0.29, 0.717) is 35.0 Å². The first kappa shape index (κ1) is 17.3. The average Bonchev–Trinajstić information content (AvgIpc) is 3.24. The Balaban J connectivity index is 1.91. The van der Waals surface area contributed by atoms with Gasteiger partial charge >= 0.3 is 5.97 Å². The van der Waals surface area contributed by atoms with Crippen LogP contribution in [0.4, 0.5) is 5.69 Å². The monoisotopic (exact) mass is 385 g/mol. The summed E-state index contributed by atoms with van der Waals surface area (Å²) in [5.41, 5.74) is 1.87. The van der Waals surface area contributed by atoms with E-state index in [1.54, 1.807) is 13.2 Å². The number of nitro groups is 1. The number of hydrogen-bond acceptors (Lipinski definition) is 7. The molecule has 0 spiro atoms. The van der Waals surface area contributed by atoms with Crippen molar-refractivity contribution in [1.82, 2.24) is 9.55 Å². The van der Waals surface area contributed by atoms with Gasteiger partial charge in [-0.1, -0.05) is 23.9 Å². The molecule has 0 unspecified atom stereocenters. The van der Waals surface area contributed by atoms with Crippen LogP contribution in [0.1, 0.15) is 6.42 Å². The number of esters is 1. The van der Waals surface area contributed by atoms with Gasteiger partial charge in [0, 0.05) is 18.6 Å². The number of carbonyl (C=O) groups excluding carboxylic acids is 1. The van der Waals surface area contributed by atoms with Crippen LogP contribution in [0.2, 0.25) is 0 Å². The predicted molar refractivity (Wildman–Crippen MR) is 99.5 cm³/mol. The molecule has 1 saturated heterocycles. The Morgan fingerprint density at radius 3 is 2.85 bits per heavy atom. The van der Waals surface area contributed by atoms with Crippen LogP contribution in [0, 0.1) is 10.1 Å². The molecule has 1 aliphatic heterocycles. The number of methoxy groups -OCH3 is 1. The van der Waals surface area contributed by atoms with Crippen LogP contribution in [0.25, 0.3) is 16.7 Å². The predicted octanol–water partition coefficient (Wildman–Crippen LogP) is 3.35. The van der Waals surface area contributed by atoms with Crippen molar-refractivity contribution < 1.29 is 19.2 Å². The molecule has 8 nitrogen and oxygen atoms in total. The van der Waals surface area contributed by atoms with Crippen LogP contribution >= 0.6 is 11.8 Å². The number of aromatic nitrogens is 2. The van der Waals surface area contributed by atoms with E-state index in [2.05, 4.69) is 4.98 Å². The highest BCUT2D eigenvalue weighted by Gasteiger charge is 2.30. The van der Waals surface area contributed by atoms with Crippen molar-refractivity contribution in [2.75, 3.05) is 13.7 Å². The maximum atomic E-state index is 11.9. The van der Waals surface area contributed by atoms with Crippen molar-refractivity contribution in [2.45, 2.75) is 16.8 Å². The van der Waals surface area contributed by atoms with Gasteiger partial charge in [0.2, 0.25) is 0 Å². The lowest BCUT2D eigenvalue weighted by Crippen LogP contribution is -2.11. The molecular weight excluding hydrogens is 370 g/mol. The Morgan fingerprint density at radius 1 is 1.33 bits per heavy atom. The fourth-order valence-corrected chi connectivity index (χ4v) is 4.08. The summed E-state index contributed by atoms with van der Waals surface area (Å²) in [6, 6.07) is 11.9. The molecular formula is C18H15N3O5S. The summed E-state index contributed by atoms with van der Waals surface area (Å²) >= 11 is 1.29. The van der Waals surface area contributed by atoms with Crippen LogP contribution in [-0.4, -0.2) is 39.4 Å². The number of cyclic esters (lactones) is 1. The molecule has 0 saturated carbocycles. The average molecular weight is 385 g/mol. The highest BCUT2D eigenvalue weighted by Crippen LogP contribution is 2.37. The fraction of sp³-hybridized carbons (Fsp3) is 0.222. The number of rotatable bonds is 5. The van der Waals surface area contributed by atoms with Gasteiger partial charge < -0.3 is 9.47 Å². The summed E-state index contributed by atoms with van der Waals surface area (Å²) in [6.45, 7) is 0.386. The van der Waals surface area contributed by atoms with E-state index in [4.69, 9.17) is 9.47 Å². The van der Waals surface area contributed by atoms with Crippen LogP contribution in [0.3, 0.4) is 0 Å². The third-order valence-corrected chi connectivity index (χ3v) is 5.48. The van der Waals surface area contributed by atoms with Gasteiger partial charge in [-0.25, -0.2) is 4.98 Å². The van der Waals surface area contributed by atoms with E-state index in [1.807, 2.05) is 28.8 Å². The second-order valence-corrected chi connectivity index (χ2v) is 7.06. The number of nitro benzene ring substituents is 1. The van der Waals surface area contributed by atoms with E-state index in [0.717, 1.165) is 5.69 Å². The molecule has 0 aliphatic carbocycles. The van der Waals surface area contributed by atoms with E-state index in [-0.39, 0.29) is 16.9 Å². The van der Waals surface area contributed by atoms with Gasteiger partial charge in [-0.05, 0) is 18.2 Å². The number of benzene rings is 2. The molecule has 138 valence electrons. The number of nitrogens with zero attached hydrogens (tertiary/aromatic N) is 3. The maximum absolute atomic E-state index is 11.9. The number of ether oxygens (including phenoxy) is 2. The summed E-state index contributed by atoms with van der Waals surface area (Å²) < 4.78 is 12.4. The lowest BCUT2D eigenvalue weighted by molar-refractivity contribution is -0.384. The lowest BCUT2D eigenvalue weighted by Gasteiger charge is -2.13. The van der Waals surface area contributed by atoms with Gasteiger partial charge in [0.05, 0.1) is 35.4 Å². The first-order valence-electron chi connectivity index (χ1n) is 8.22. The number of hydrogen-bond donors (Lipinski definition) is 0. The lowest BCUT2D eigenvalue weighted by atomic mass is 10.2. The minimum Gasteiger partial charge on any atom is -0.495 e. The quantitative estimate of drug-likeness (QED) is 0.377. The van der Waals surface area contributed by atoms with Crippen molar-refractivity contribution in [2.24, 2.45) is 0 Å². The Labute approximate surface area is 158 Å². The van der Waals surface area contributed by atoms with E-state index >= 15 is 0 Å². The summed E-state index contributed by atoms with van der Waals surface area (Å²) in [5.74, 6) is 0.357. The Hall–Kier alpha value is -3.07. The molecule has 0 bridgehead atoms. The van der Waals surface area contributed by atoms with Crippen LogP contribution in [0.5, 0.6) is 5.75 Å². The van der Waals surface area contributed by atoms with Crippen LogP contribution in [-0.2, 0) is 9.53 Å². The van der Waals surface area contributed by atoms with Crippen molar-refractivity contribution in [3.8, 4) is 11.4 Å². The third kappa shape index (κ3) is 3.10. The fourth-order valence-electron chi connectivity index (χ4n) is 3.00. The minimum absolute atomic E-state index is 0.0380. The Bertz CT molecular complexity index is 1050. The molecule has 1 aromatic heterocycles. The van der Waals surface area contributed by atoms with Gasteiger partial charge in [-0.2, -0.15) is 0 Å². The second-order valence-electron chi connectivity index (χ2n) is 5.89. The van der Waals surface area contributed by atoms with Crippen molar-refractivity contribution in [1.29, 1.82) is 0 Å². The van der Waals surface area contributed by atoms with Crippen molar-refractivity contribution in [3.63, 3.8) is 0 Å². The highest BCUT2D eigenvalue weighted by atomic mass is 32.2. The van der Waals surface area contributed by atoms with E-state index in [9.17, 15) is 14.9 Å². The Kier molecular flexibility index (Phi) is 4.44. The number of fused-ring (bicyclic) bond motifs is 1. The normalized spacial score (nSPS) is 16.5. The summed E-state index contributed by atoms with van der Waals surface area (Å²) in [4.78, 5) is 27.1. The zero-order valence-electron chi connectivity index (χ0n) is 14.3. The summed E-state index contributed by atoms with van der Waals surface area (Å²) in [7, 11) is 1.57. The van der Waals surface area contributed by atoms with Gasteiger partial charge in [0.15, 0.2) is 5.16 Å². The molecule has 1 fully saturated rings. The molecule has 2 heterocycles. The number of carbonyl (C=O) groups is 1. The molecule has 4 rings (SSSR count). The molecule has 0 amide bonds.